The average molecular weight is 335 g/mol. The molecule has 0 radical (unpaired) electrons. The molecule has 0 unspecified atom stereocenters. The van der Waals surface area contributed by atoms with E-state index in [1.807, 2.05) is 38.3 Å². The van der Waals surface area contributed by atoms with Crippen LogP contribution in [-0.4, -0.2) is 47.3 Å². The van der Waals surface area contributed by atoms with Crippen LogP contribution in [0.5, 0.6) is 0 Å². The summed E-state index contributed by atoms with van der Waals surface area (Å²) < 4.78 is 0. The Balaban J connectivity index is 1.97. The molecule has 1 aromatic rings. The van der Waals surface area contributed by atoms with E-state index in [0.717, 1.165) is 21.8 Å². The first kappa shape index (κ1) is 17.3. The van der Waals surface area contributed by atoms with E-state index in [-0.39, 0.29) is 18.4 Å². The van der Waals surface area contributed by atoms with Crippen molar-refractivity contribution in [2.45, 2.75) is 26.3 Å². The zero-order valence-electron chi connectivity index (χ0n) is 13.5. The van der Waals surface area contributed by atoms with Crippen LogP contribution in [0.15, 0.2) is 18.2 Å². The summed E-state index contributed by atoms with van der Waals surface area (Å²) in [5.41, 5.74) is 2.73. The van der Waals surface area contributed by atoms with E-state index in [0.29, 0.717) is 12.1 Å². The molecule has 1 saturated heterocycles. The van der Waals surface area contributed by atoms with Gasteiger partial charge in [0.15, 0.2) is 0 Å². The minimum atomic E-state index is -0.524. The van der Waals surface area contributed by atoms with Crippen LogP contribution in [-0.2, 0) is 9.59 Å². The number of amides is 4. The molecule has 23 heavy (non-hydrogen) atoms. The summed E-state index contributed by atoms with van der Waals surface area (Å²) in [4.78, 5) is 37.1. The standard InChI is InChI=1S/C16H21N3O3S/c1-10-4-5-12(11(2)8-10)17-14(20)9-19-15(21)13(6-7-23-3)18-16(19)22/h4-5,8,13H,6-7,9H2,1-3H3,(H,17,20)(H,18,22)/t13-/m1/s1. The third kappa shape index (κ3) is 4.25. The highest BCUT2D eigenvalue weighted by Gasteiger charge is 2.38. The van der Waals surface area contributed by atoms with Crippen LogP contribution in [0.1, 0.15) is 17.5 Å². The molecule has 0 spiro atoms. The monoisotopic (exact) mass is 335 g/mol. The maximum absolute atomic E-state index is 12.2. The molecule has 1 aromatic carbocycles. The van der Waals surface area contributed by atoms with Gasteiger partial charge in [-0.05, 0) is 43.9 Å². The number of aryl methyl sites for hydroxylation is 2. The quantitative estimate of drug-likeness (QED) is 0.779. The van der Waals surface area contributed by atoms with Gasteiger partial charge in [-0.15, -0.1) is 0 Å². The van der Waals surface area contributed by atoms with Crippen molar-refractivity contribution in [1.29, 1.82) is 0 Å². The highest BCUT2D eigenvalue weighted by atomic mass is 32.2. The Hall–Kier alpha value is -2.02. The highest BCUT2D eigenvalue weighted by Crippen LogP contribution is 2.17. The lowest BCUT2D eigenvalue weighted by Crippen LogP contribution is -2.38. The lowest BCUT2D eigenvalue weighted by molar-refractivity contribution is -0.130. The van der Waals surface area contributed by atoms with Gasteiger partial charge >= 0.3 is 6.03 Å². The van der Waals surface area contributed by atoms with E-state index in [1.165, 1.54) is 0 Å². The number of anilines is 1. The molecule has 124 valence electrons. The Labute approximate surface area is 140 Å². The summed E-state index contributed by atoms with van der Waals surface area (Å²) in [6.45, 7) is 3.60. The predicted octanol–water partition coefficient (Wildman–Crippen LogP) is 1.92. The lowest BCUT2D eigenvalue weighted by atomic mass is 10.1. The fraction of sp³-hybridized carbons (Fsp3) is 0.438. The van der Waals surface area contributed by atoms with Gasteiger partial charge in [-0.3, -0.25) is 14.5 Å². The number of thioether (sulfide) groups is 1. The molecule has 0 bridgehead atoms. The first-order valence-electron chi connectivity index (χ1n) is 7.40. The van der Waals surface area contributed by atoms with Crippen LogP contribution < -0.4 is 10.6 Å². The number of carbonyl (C=O) groups excluding carboxylic acids is 3. The first-order valence-corrected chi connectivity index (χ1v) is 8.79. The SMILES string of the molecule is CSCC[C@H]1NC(=O)N(CC(=O)Nc2ccc(C)cc2C)C1=O. The van der Waals surface area contributed by atoms with E-state index in [2.05, 4.69) is 10.6 Å². The number of urea groups is 1. The van der Waals surface area contributed by atoms with E-state index < -0.39 is 12.1 Å². The van der Waals surface area contributed by atoms with E-state index in [1.54, 1.807) is 11.8 Å². The normalized spacial score (nSPS) is 17.3. The van der Waals surface area contributed by atoms with Gasteiger partial charge in [-0.25, -0.2) is 4.79 Å². The van der Waals surface area contributed by atoms with Crippen molar-refractivity contribution in [2.75, 3.05) is 23.9 Å². The van der Waals surface area contributed by atoms with Crippen molar-refractivity contribution >= 4 is 35.3 Å². The maximum Gasteiger partial charge on any atom is 0.325 e. The number of nitrogens with zero attached hydrogens (tertiary/aromatic N) is 1. The third-order valence-corrected chi connectivity index (χ3v) is 4.32. The Kier molecular flexibility index (Phi) is 5.65. The molecular weight excluding hydrogens is 314 g/mol. The maximum atomic E-state index is 12.2. The van der Waals surface area contributed by atoms with Crippen LogP contribution >= 0.6 is 11.8 Å². The summed E-state index contributed by atoms with van der Waals surface area (Å²) >= 11 is 1.61. The molecule has 1 fully saturated rings. The van der Waals surface area contributed by atoms with Crippen LogP contribution in [0.25, 0.3) is 0 Å². The van der Waals surface area contributed by atoms with Gasteiger partial charge in [-0.1, -0.05) is 17.7 Å². The summed E-state index contributed by atoms with van der Waals surface area (Å²) in [5.74, 6) is 0.0602. The van der Waals surface area contributed by atoms with Crippen molar-refractivity contribution in [3.63, 3.8) is 0 Å². The number of rotatable bonds is 6. The first-order chi connectivity index (χ1) is 10.9. The van der Waals surface area contributed by atoms with E-state index in [9.17, 15) is 14.4 Å². The van der Waals surface area contributed by atoms with Crippen LogP contribution in [0.4, 0.5) is 10.5 Å². The Bertz CT molecular complexity index is 633. The molecule has 0 saturated carbocycles. The summed E-state index contributed by atoms with van der Waals surface area (Å²) in [6.07, 6.45) is 2.51. The van der Waals surface area contributed by atoms with E-state index >= 15 is 0 Å². The molecule has 2 rings (SSSR count). The fourth-order valence-corrected chi connectivity index (χ4v) is 2.92. The molecular formula is C16H21N3O3S. The molecule has 2 N–H and O–H groups in total. The number of benzene rings is 1. The number of hydrogen-bond acceptors (Lipinski definition) is 4. The molecule has 0 aliphatic carbocycles. The second-order valence-corrected chi connectivity index (χ2v) is 6.56. The van der Waals surface area contributed by atoms with Crippen molar-refractivity contribution in [1.82, 2.24) is 10.2 Å². The number of carbonyl (C=O) groups is 3. The topological polar surface area (TPSA) is 78.5 Å². The van der Waals surface area contributed by atoms with Crippen molar-refractivity contribution in [2.24, 2.45) is 0 Å². The van der Waals surface area contributed by atoms with E-state index in [4.69, 9.17) is 0 Å². The lowest BCUT2D eigenvalue weighted by Gasteiger charge is -2.14. The minimum absolute atomic E-state index is 0.270. The molecule has 6 nitrogen and oxygen atoms in total. The van der Waals surface area contributed by atoms with Gasteiger partial charge in [0.2, 0.25) is 5.91 Å². The highest BCUT2D eigenvalue weighted by molar-refractivity contribution is 7.98. The Morgan fingerprint density at radius 1 is 1.35 bits per heavy atom. The van der Waals surface area contributed by atoms with Crippen LogP contribution in [0.2, 0.25) is 0 Å². The smallest absolute Gasteiger partial charge is 0.325 e. The summed E-state index contributed by atoms with van der Waals surface area (Å²) in [5, 5.41) is 5.37. The van der Waals surface area contributed by atoms with Crippen molar-refractivity contribution in [3.8, 4) is 0 Å². The molecule has 7 heteroatoms. The molecule has 1 atom stereocenters. The predicted molar refractivity (Wildman–Crippen MR) is 91.6 cm³/mol. The zero-order chi connectivity index (χ0) is 17.0. The number of hydrogen-bond donors (Lipinski definition) is 2. The molecule has 1 aliphatic rings. The number of nitrogens with one attached hydrogen (secondary N) is 2. The second-order valence-electron chi connectivity index (χ2n) is 5.57. The van der Waals surface area contributed by atoms with Gasteiger partial charge in [0.05, 0.1) is 0 Å². The fourth-order valence-electron chi connectivity index (χ4n) is 2.45. The zero-order valence-corrected chi connectivity index (χ0v) is 14.3. The Morgan fingerprint density at radius 3 is 2.74 bits per heavy atom. The van der Waals surface area contributed by atoms with Gasteiger partial charge < -0.3 is 10.6 Å². The Morgan fingerprint density at radius 2 is 2.09 bits per heavy atom. The summed E-state index contributed by atoms with van der Waals surface area (Å²) in [7, 11) is 0. The third-order valence-electron chi connectivity index (χ3n) is 3.68. The van der Waals surface area contributed by atoms with Crippen LogP contribution in [0, 0.1) is 13.8 Å². The number of imide groups is 1. The second kappa shape index (κ2) is 7.50. The van der Waals surface area contributed by atoms with Gasteiger partial charge in [0.1, 0.15) is 12.6 Å². The van der Waals surface area contributed by atoms with Gasteiger partial charge in [-0.2, -0.15) is 11.8 Å². The molecule has 0 aromatic heterocycles. The molecule has 4 amide bonds. The summed E-state index contributed by atoms with van der Waals surface area (Å²) in [6, 6.07) is 4.65. The average Bonchev–Trinajstić information content (AvgIpc) is 2.75. The van der Waals surface area contributed by atoms with Gasteiger partial charge in [0.25, 0.3) is 5.91 Å². The molecule has 1 heterocycles. The van der Waals surface area contributed by atoms with Crippen molar-refractivity contribution in [3.05, 3.63) is 29.3 Å². The minimum Gasteiger partial charge on any atom is -0.326 e. The molecule has 1 aliphatic heterocycles. The van der Waals surface area contributed by atoms with Crippen molar-refractivity contribution < 1.29 is 14.4 Å². The largest absolute Gasteiger partial charge is 0.326 e. The van der Waals surface area contributed by atoms with Gasteiger partial charge in [0, 0.05) is 5.69 Å². The van der Waals surface area contributed by atoms with Crippen LogP contribution in [0.3, 0.4) is 0 Å².